The molecule has 0 radical (unpaired) electrons. The molecule has 1 atom stereocenters. The zero-order valence-electron chi connectivity index (χ0n) is 10.3. The van der Waals surface area contributed by atoms with Gasteiger partial charge in [-0.15, -0.1) is 0 Å². The van der Waals surface area contributed by atoms with Gasteiger partial charge in [-0.3, -0.25) is 4.79 Å². The fraction of sp³-hybridized carbons (Fsp3) is 0.462. The van der Waals surface area contributed by atoms with E-state index in [1.54, 1.807) is 0 Å². The minimum absolute atomic E-state index is 0.0573. The summed E-state index contributed by atoms with van der Waals surface area (Å²) >= 11 is 0. The van der Waals surface area contributed by atoms with Crippen LogP contribution in [0.25, 0.3) is 0 Å². The maximum absolute atomic E-state index is 10.8. The number of carboxylic acids is 1. The highest BCUT2D eigenvalue weighted by atomic mass is 16.4. The Balaban J connectivity index is 3.05. The maximum Gasteiger partial charge on any atom is 0.305 e. The summed E-state index contributed by atoms with van der Waals surface area (Å²) in [4.78, 5) is 12.8. The van der Waals surface area contributed by atoms with E-state index < -0.39 is 5.97 Å². The third-order valence-electron chi connectivity index (χ3n) is 2.78. The molecule has 1 unspecified atom stereocenters. The third kappa shape index (κ3) is 3.07. The molecule has 0 aromatic heterocycles. The molecule has 0 aliphatic rings. The number of benzene rings is 1. The topological polar surface area (TPSA) is 40.5 Å². The van der Waals surface area contributed by atoms with E-state index in [1.165, 1.54) is 5.56 Å². The molecule has 0 saturated heterocycles. The fourth-order valence-corrected chi connectivity index (χ4v) is 1.94. The molecule has 3 heteroatoms. The first-order valence-electron chi connectivity index (χ1n) is 5.37. The van der Waals surface area contributed by atoms with Crippen LogP contribution in [0.5, 0.6) is 0 Å². The van der Waals surface area contributed by atoms with Crippen molar-refractivity contribution in [1.82, 2.24) is 4.90 Å². The van der Waals surface area contributed by atoms with E-state index in [0.717, 1.165) is 11.1 Å². The average Bonchev–Trinajstić information content (AvgIpc) is 2.14. The largest absolute Gasteiger partial charge is 0.481 e. The van der Waals surface area contributed by atoms with Crippen LogP contribution in [0.4, 0.5) is 0 Å². The third-order valence-corrected chi connectivity index (χ3v) is 2.78. The van der Waals surface area contributed by atoms with Crippen molar-refractivity contribution in [2.45, 2.75) is 26.3 Å². The van der Waals surface area contributed by atoms with Crippen molar-refractivity contribution in [2.75, 3.05) is 14.1 Å². The van der Waals surface area contributed by atoms with Gasteiger partial charge in [-0.2, -0.15) is 0 Å². The van der Waals surface area contributed by atoms with Gasteiger partial charge in [-0.1, -0.05) is 23.8 Å². The molecule has 0 amide bonds. The monoisotopic (exact) mass is 221 g/mol. The van der Waals surface area contributed by atoms with Crippen LogP contribution < -0.4 is 0 Å². The summed E-state index contributed by atoms with van der Waals surface area (Å²) in [6.07, 6.45) is 0.136. The van der Waals surface area contributed by atoms with Crippen LogP contribution in [0.15, 0.2) is 18.2 Å². The molecule has 1 N–H and O–H groups in total. The van der Waals surface area contributed by atoms with Crippen LogP contribution >= 0.6 is 0 Å². The van der Waals surface area contributed by atoms with E-state index in [2.05, 4.69) is 6.07 Å². The van der Waals surface area contributed by atoms with E-state index in [-0.39, 0.29) is 12.5 Å². The molecule has 1 aromatic carbocycles. The molecule has 3 nitrogen and oxygen atoms in total. The standard InChI is InChI=1S/C13H19NO2/c1-9-5-6-11(10(2)7-9)12(14(3)4)8-13(15)16/h5-7,12H,8H2,1-4H3,(H,15,16). The van der Waals surface area contributed by atoms with Gasteiger partial charge in [0.05, 0.1) is 6.42 Å². The lowest BCUT2D eigenvalue weighted by Gasteiger charge is -2.25. The molecular weight excluding hydrogens is 202 g/mol. The Morgan fingerprint density at radius 2 is 2.00 bits per heavy atom. The molecule has 0 bridgehead atoms. The van der Waals surface area contributed by atoms with Gasteiger partial charge < -0.3 is 10.0 Å². The van der Waals surface area contributed by atoms with Gasteiger partial charge in [0, 0.05) is 6.04 Å². The van der Waals surface area contributed by atoms with Crippen molar-refractivity contribution >= 4 is 5.97 Å². The SMILES string of the molecule is Cc1ccc(C(CC(=O)O)N(C)C)c(C)c1. The minimum atomic E-state index is -0.765. The normalized spacial score (nSPS) is 12.8. The van der Waals surface area contributed by atoms with Crippen LogP contribution in [0.1, 0.15) is 29.2 Å². The van der Waals surface area contributed by atoms with Crippen molar-refractivity contribution in [3.8, 4) is 0 Å². The quantitative estimate of drug-likeness (QED) is 0.848. The Morgan fingerprint density at radius 3 is 2.44 bits per heavy atom. The second-order valence-electron chi connectivity index (χ2n) is 4.44. The molecule has 0 aliphatic carbocycles. The first-order chi connectivity index (χ1) is 7.41. The lowest BCUT2D eigenvalue weighted by atomic mass is 9.96. The highest BCUT2D eigenvalue weighted by Crippen LogP contribution is 2.25. The number of nitrogens with zero attached hydrogens (tertiary/aromatic N) is 1. The van der Waals surface area contributed by atoms with Gasteiger partial charge in [-0.05, 0) is 39.1 Å². The number of hydrogen-bond acceptors (Lipinski definition) is 2. The van der Waals surface area contributed by atoms with Crippen molar-refractivity contribution < 1.29 is 9.90 Å². The smallest absolute Gasteiger partial charge is 0.305 e. The molecular formula is C13H19NO2. The summed E-state index contributed by atoms with van der Waals surface area (Å²) in [5.74, 6) is -0.765. The van der Waals surface area contributed by atoms with E-state index in [4.69, 9.17) is 5.11 Å². The Bertz CT molecular complexity index is 386. The molecule has 1 rings (SSSR count). The Morgan fingerprint density at radius 1 is 1.38 bits per heavy atom. The number of hydrogen-bond donors (Lipinski definition) is 1. The fourth-order valence-electron chi connectivity index (χ4n) is 1.94. The van der Waals surface area contributed by atoms with Gasteiger partial charge in [0.25, 0.3) is 0 Å². The summed E-state index contributed by atoms with van der Waals surface area (Å²) in [6.45, 7) is 4.07. The average molecular weight is 221 g/mol. The zero-order chi connectivity index (χ0) is 12.3. The molecule has 1 aromatic rings. The lowest BCUT2D eigenvalue weighted by molar-refractivity contribution is -0.138. The van der Waals surface area contributed by atoms with Gasteiger partial charge in [0.15, 0.2) is 0 Å². The van der Waals surface area contributed by atoms with Crippen LogP contribution in [-0.4, -0.2) is 30.1 Å². The number of aliphatic carboxylic acids is 1. The summed E-state index contributed by atoms with van der Waals surface area (Å²) in [6, 6.07) is 6.09. The summed E-state index contributed by atoms with van der Waals surface area (Å²) in [5, 5.41) is 8.91. The van der Waals surface area contributed by atoms with Crippen LogP contribution in [0, 0.1) is 13.8 Å². The summed E-state index contributed by atoms with van der Waals surface area (Å²) in [7, 11) is 3.82. The molecule has 0 spiro atoms. The predicted molar refractivity (Wildman–Crippen MR) is 64.6 cm³/mol. The highest BCUT2D eigenvalue weighted by Gasteiger charge is 2.19. The summed E-state index contributed by atoms with van der Waals surface area (Å²) < 4.78 is 0. The van der Waals surface area contributed by atoms with Gasteiger partial charge in [0.1, 0.15) is 0 Å². The predicted octanol–water partition coefficient (Wildman–Crippen LogP) is 2.38. The van der Waals surface area contributed by atoms with Gasteiger partial charge in [0.2, 0.25) is 0 Å². The maximum atomic E-state index is 10.8. The van der Waals surface area contributed by atoms with Crippen molar-refractivity contribution in [3.05, 3.63) is 34.9 Å². The number of rotatable bonds is 4. The van der Waals surface area contributed by atoms with E-state index in [0.29, 0.717) is 0 Å². The molecule has 16 heavy (non-hydrogen) atoms. The number of carboxylic acid groups (broad SMARTS) is 1. The lowest BCUT2D eigenvalue weighted by Crippen LogP contribution is -2.23. The molecule has 0 saturated carbocycles. The number of carbonyl (C=O) groups is 1. The number of aryl methyl sites for hydroxylation is 2. The van der Waals surface area contributed by atoms with E-state index >= 15 is 0 Å². The van der Waals surface area contributed by atoms with E-state index in [1.807, 2.05) is 45.0 Å². The second kappa shape index (κ2) is 5.12. The van der Waals surface area contributed by atoms with Crippen LogP contribution in [-0.2, 0) is 4.79 Å². The second-order valence-corrected chi connectivity index (χ2v) is 4.44. The van der Waals surface area contributed by atoms with E-state index in [9.17, 15) is 4.79 Å². The van der Waals surface area contributed by atoms with Crippen molar-refractivity contribution in [3.63, 3.8) is 0 Å². The van der Waals surface area contributed by atoms with Crippen LogP contribution in [0.3, 0.4) is 0 Å². The minimum Gasteiger partial charge on any atom is -0.481 e. The molecule has 0 heterocycles. The summed E-state index contributed by atoms with van der Waals surface area (Å²) in [5.41, 5.74) is 3.45. The molecule has 88 valence electrons. The first kappa shape index (κ1) is 12.7. The zero-order valence-corrected chi connectivity index (χ0v) is 10.3. The van der Waals surface area contributed by atoms with Gasteiger partial charge in [-0.25, -0.2) is 0 Å². The Kier molecular flexibility index (Phi) is 4.07. The van der Waals surface area contributed by atoms with Crippen molar-refractivity contribution in [1.29, 1.82) is 0 Å². The highest BCUT2D eigenvalue weighted by molar-refractivity contribution is 5.68. The van der Waals surface area contributed by atoms with Crippen molar-refractivity contribution in [2.24, 2.45) is 0 Å². The Hall–Kier alpha value is -1.35. The molecule has 0 aliphatic heterocycles. The Labute approximate surface area is 96.7 Å². The first-order valence-corrected chi connectivity index (χ1v) is 5.37. The van der Waals surface area contributed by atoms with Crippen LogP contribution in [0.2, 0.25) is 0 Å². The molecule has 0 fully saturated rings. The van der Waals surface area contributed by atoms with Gasteiger partial charge >= 0.3 is 5.97 Å².